The van der Waals surface area contributed by atoms with Crippen LogP contribution in [0.15, 0.2) is 41.4 Å². The maximum absolute atomic E-state index is 4.25. The van der Waals surface area contributed by atoms with Crippen LogP contribution in [0.2, 0.25) is 0 Å². The van der Waals surface area contributed by atoms with Crippen LogP contribution in [0.5, 0.6) is 0 Å². The second-order valence-corrected chi connectivity index (χ2v) is 6.15. The molecule has 0 aliphatic heterocycles. The van der Waals surface area contributed by atoms with E-state index in [0.29, 0.717) is 0 Å². The van der Waals surface area contributed by atoms with E-state index in [-0.39, 0.29) is 0 Å². The van der Waals surface area contributed by atoms with Crippen LogP contribution >= 0.6 is 11.3 Å². The normalized spacial score (nSPS) is 11.4. The number of guanidine groups is 1. The first-order valence-electron chi connectivity index (χ1n) is 6.73. The molecule has 1 aromatic heterocycles. The molecule has 4 heteroatoms. The molecule has 3 nitrogen and oxygen atoms in total. The number of benzene rings is 1. The maximum atomic E-state index is 4.25. The average Bonchev–Trinajstić information content (AvgIpc) is 2.85. The van der Waals surface area contributed by atoms with Crippen molar-refractivity contribution in [2.45, 2.75) is 26.9 Å². The van der Waals surface area contributed by atoms with Gasteiger partial charge in [-0.3, -0.25) is 4.99 Å². The summed E-state index contributed by atoms with van der Waals surface area (Å²) in [6.45, 7) is 5.82. The quantitative estimate of drug-likeness (QED) is 0.669. The Balaban J connectivity index is 1.84. The molecular weight excluding hydrogens is 266 g/mol. The van der Waals surface area contributed by atoms with E-state index in [4.69, 9.17) is 0 Å². The van der Waals surface area contributed by atoms with Gasteiger partial charge in [0.25, 0.3) is 0 Å². The fourth-order valence-electron chi connectivity index (χ4n) is 1.98. The molecular formula is C16H21N3S. The van der Waals surface area contributed by atoms with Crippen molar-refractivity contribution in [1.29, 1.82) is 0 Å². The number of thiophene rings is 1. The van der Waals surface area contributed by atoms with Gasteiger partial charge in [0.05, 0.1) is 6.54 Å². The Morgan fingerprint density at radius 2 is 1.90 bits per heavy atom. The molecule has 0 radical (unpaired) electrons. The Labute approximate surface area is 124 Å². The highest BCUT2D eigenvalue weighted by molar-refractivity contribution is 7.11. The molecule has 0 spiro atoms. The zero-order valence-electron chi connectivity index (χ0n) is 12.2. The minimum atomic E-state index is 0.783. The molecule has 0 aliphatic carbocycles. The molecule has 20 heavy (non-hydrogen) atoms. The van der Waals surface area contributed by atoms with Gasteiger partial charge in [-0.1, -0.05) is 29.8 Å². The van der Waals surface area contributed by atoms with Gasteiger partial charge in [-0.25, -0.2) is 0 Å². The molecule has 0 amide bonds. The molecule has 0 saturated carbocycles. The SMILES string of the molecule is CN=C(NCc1cccc(C)c1)NCc1ccc(C)s1. The van der Waals surface area contributed by atoms with Crippen LogP contribution < -0.4 is 10.6 Å². The topological polar surface area (TPSA) is 36.4 Å². The lowest BCUT2D eigenvalue weighted by molar-refractivity contribution is 0.815. The van der Waals surface area contributed by atoms with Gasteiger partial charge in [0.15, 0.2) is 5.96 Å². The molecule has 0 aliphatic rings. The Hall–Kier alpha value is -1.81. The summed E-state index contributed by atoms with van der Waals surface area (Å²) in [7, 11) is 1.80. The molecule has 2 rings (SSSR count). The third kappa shape index (κ3) is 4.38. The standard InChI is InChI=1S/C16H21N3S/c1-12-5-4-6-14(9-12)10-18-16(17-3)19-11-15-8-7-13(2)20-15/h4-9H,10-11H2,1-3H3,(H2,17,18,19). The van der Waals surface area contributed by atoms with E-state index in [9.17, 15) is 0 Å². The van der Waals surface area contributed by atoms with Crippen LogP contribution in [0, 0.1) is 13.8 Å². The highest BCUT2D eigenvalue weighted by atomic mass is 32.1. The number of aliphatic imine (C=N–C) groups is 1. The fourth-order valence-corrected chi connectivity index (χ4v) is 2.81. The molecule has 0 saturated heterocycles. The van der Waals surface area contributed by atoms with Crippen LogP contribution in [-0.2, 0) is 13.1 Å². The van der Waals surface area contributed by atoms with Crippen molar-refractivity contribution in [2.24, 2.45) is 4.99 Å². The Kier molecular flexibility index (Phi) is 5.18. The molecule has 1 aromatic carbocycles. The summed E-state index contributed by atoms with van der Waals surface area (Å²) in [5.41, 5.74) is 2.54. The predicted octanol–water partition coefficient (Wildman–Crippen LogP) is 3.23. The number of hydrogen-bond acceptors (Lipinski definition) is 2. The molecule has 0 fully saturated rings. The van der Waals surface area contributed by atoms with Crippen molar-refractivity contribution in [3.8, 4) is 0 Å². The van der Waals surface area contributed by atoms with E-state index in [1.807, 2.05) is 11.3 Å². The third-order valence-corrected chi connectivity index (χ3v) is 3.99. The van der Waals surface area contributed by atoms with Crippen LogP contribution in [0.4, 0.5) is 0 Å². The van der Waals surface area contributed by atoms with E-state index < -0.39 is 0 Å². The second kappa shape index (κ2) is 7.10. The van der Waals surface area contributed by atoms with Crippen LogP contribution in [0.1, 0.15) is 20.9 Å². The summed E-state index contributed by atoms with van der Waals surface area (Å²) >= 11 is 1.81. The van der Waals surface area contributed by atoms with E-state index >= 15 is 0 Å². The van der Waals surface area contributed by atoms with E-state index in [0.717, 1.165) is 19.0 Å². The van der Waals surface area contributed by atoms with Crippen molar-refractivity contribution in [1.82, 2.24) is 10.6 Å². The Morgan fingerprint density at radius 3 is 2.55 bits per heavy atom. The highest BCUT2D eigenvalue weighted by Crippen LogP contribution is 2.14. The molecule has 0 atom stereocenters. The van der Waals surface area contributed by atoms with Crippen molar-refractivity contribution in [2.75, 3.05) is 7.05 Å². The van der Waals surface area contributed by atoms with Crippen LogP contribution in [-0.4, -0.2) is 13.0 Å². The lowest BCUT2D eigenvalue weighted by Gasteiger charge is -2.11. The summed E-state index contributed by atoms with van der Waals surface area (Å²) in [6.07, 6.45) is 0. The summed E-state index contributed by atoms with van der Waals surface area (Å²) in [4.78, 5) is 6.90. The lowest BCUT2D eigenvalue weighted by Crippen LogP contribution is -2.36. The number of nitrogens with zero attached hydrogens (tertiary/aromatic N) is 1. The van der Waals surface area contributed by atoms with E-state index in [1.54, 1.807) is 7.05 Å². The van der Waals surface area contributed by atoms with Crippen molar-refractivity contribution in [3.05, 3.63) is 57.3 Å². The first-order chi connectivity index (χ1) is 9.67. The van der Waals surface area contributed by atoms with Crippen molar-refractivity contribution in [3.63, 3.8) is 0 Å². The summed E-state index contributed by atoms with van der Waals surface area (Å²) in [5.74, 6) is 0.831. The van der Waals surface area contributed by atoms with E-state index in [1.165, 1.54) is 20.9 Å². The third-order valence-electron chi connectivity index (χ3n) is 2.99. The molecule has 0 unspecified atom stereocenters. The van der Waals surface area contributed by atoms with Gasteiger partial charge in [0, 0.05) is 23.3 Å². The predicted molar refractivity (Wildman–Crippen MR) is 87.3 cm³/mol. The lowest BCUT2D eigenvalue weighted by atomic mass is 10.1. The monoisotopic (exact) mass is 287 g/mol. The largest absolute Gasteiger partial charge is 0.352 e. The number of nitrogens with one attached hydrogen (secondary N) is 2. The van der Waals surface area contributed by atoms with Gasteiger partial charge >= 0.3 is 0 Å². The molecule has 2 N–H and O–H groups in total. The Bertz CT molecular complexity index is 587. The van der Waals surface area contributed by atoms with E-state index in [2.05, 4.69) is 65.9 Å². The second-order valence-electron chi connectivity index (χ2n) is 4.78. The zero-order valence-corrected chi connectivity index (χ0v) is 13.1. The van der Waals surface area contributed by atoms with Crippen molar-refractivity contribution < 1.29 is 0 Å². The first kappa shape index (κ1) is 14.6. The van der Waals surface area contributed by atoms with Gasteiger partial charge < -0.3 is 10.6 Å². The summed E-state index contributed by atoms with van der Waals surface area (Å²) in [5, 5.41) is 6.67. The Morgan fingerprint density at radius 1 is 1.10 bits per heavy atom. The number of aryl methyl sites for hydroxylation is 2. The number of hydrogen-bond donors (Lipinski definition) is 2. The molecule has 106 valence electrons. The molecule has 2 aromatic rings. The van der Waals surface area contributed by atoms with Crippen LogP contribution in [0.25, 0.3) is 0 Å². The van der Waals surface area contributed by atoms with Crippen LogP contribution in [0.3, 0.4) is 0 Å². The first-order valence-corrected chi connectivity index (χ1v) is 7.54. The summed E-state index contributed by atoms with van der Waals surface area (Å²) < 4.78 is 0. The van der Waals surface area contributed by atoms with Gasteiger partial charge in [0.1, 0.15) is 0 Å². The molecule has 1 heterocycles. The summed E-state index contributed by atoms with van der Waals surface area (Å²) in [6, 6.07) is 12.8. The minimum absolute atomic E-state index is 0.783. The average molecular weight is 287 g/mol. The highest BCUT2D eigenvalue weighted by Gasteiger charge is 2.00. The van der Waals surface area contributed by atoms with Crippen molar-refractivity contribution >= 4 is 17.3 Å². The van der Waals surface area contributed by atoms with Gasteiger partial charge in [-0.2, -0.15) is 0 Å². The minimum Gasteiger partial charge on any atom is -0.352 e. The van der Waals surface area contributed by atoms with Gasteiger partial charge in [0.2, 0.25) is 0 Å². The molecule has 0 bridgehead atoms. The maximum Gasteiger partial charge on any atom is 0.191 e. The van der Waals surface area contributed by atoms with Gasteiger partial charge in [-0.15, -0.1) is 11.3 Å². The fraction of sp³-hybridized carbons (Fsp3) is 0.312. The van der Waals surface area contributed by atoms with Gasteiger partial charge in [-0.05, 0) is 31.5 Å². The smallest absolute Gasteiger partial charge is 0.191 e. The number of rotatable bonds is 4. The zero-order chi connectivity index (χ0) is 14.4.